The second-order valence-corrected chi connectivity index (χ2v) is 6.88. The number of benzene rings is 1. The lowest BCUT2D eigenvalue weighted by atomic mass is 10.2. The van der Waals surface area contributed by atoms with Gasteiger partial charge >= 0.3 is 5.97 Å². The Kier molecular flexibility index (Phi) is 7.13. The van der Waals surface area contributed by atoms with Crippen molar-refractivity contribution in [2.45, 2.75) is 33.0 Å². The highest BCUT2D eigenvalue weighted by molar-refractivity contribution is 5.69. The third-order valence-corrected chi connectivity index (χ3v) is 4.09. The number of hydrogen-bond donors (Lipinski definition) is 2. The molecule has 3 rings (SSSR count). The van der Waals surface area contributed by atoms with Crippen LogP contribution in [0.1, 0.15) is 19.4 Å². The normalized spacial score (nSPS) is 10.8. The highest BCUT2D eigenvalue weighted by Gasteiger charge is 2.16. The van der Waals surface area contributed by atoms with Crippen molar-refractivity contribution < 1.29 is 27.4 Å². The van der Waals surface area contributed by atoms with Crippen LogP contribution in [0.5, 0.6) is 5.75 Å². The minimum absolute atomic E-state index is 0.00444. The van der Waals surface area contributed by atoms with Gasteiger partial charge in [-0.05, 0) is 26.0 Å². The minimum atomic E-state index is -0.892. The van der Waals surface area contributed by atoms with Crippen molar-refractivity contribution in [1.82, 2.24) is 19.7 Å². The van der Waals surface area contributed by atoms with E-state index in [9.17, 15) is 18.0 Å². The van der Waals surface area contributed by atoms with E-state index >= 15 is 0 Å². The van der Waals surface area contributed by atoms with Gasteiger partial charge in [0.25, 0.3) is 0 Å². The van der Waals surface area contributed by atoms with Gasteiger partial charge < -0.3 is 20.1 Å². The molecule has 3 aromatic rings. The van der Waals surface area contributed by atoms with Gasteiger partial charge in [0, 0.05) is 18.3 Å². The van der Waals surface area contributed by atoms with Crippen molar-refractivity contribution in [1.29, 1.82) is 0 Å². The fourth-order valence-corrected chi connectivity index (χ4v) is 2.70. The van der Waals surface area contributed by atoms with Gasteiger partial charge in [-0.1, -0.05) is 0 Å². The third-order valence-electron chi connectivity index (χ3n) is 4.09. The highest BCUT2D eigenvalue weighted by atomic mass is 19.1. The maximum absolute atomic E-state index is 14.3. The molecular formula is C20H21F3N6O3. The van der Waals surface area contributed by atoms with E-state index < -0.39 is 23.4 Å². The molecule has 2 N–H and O–H groups in total. The van der Waals surface area contributed by atoms with E-state index in [0.717, 1.165) is 18.3 Å². The quantitative estimate of drug-likeness (QED) is 0.478. The van der Waals surface area contributed by atoms with E-state index in [-0.39, 0.29) is 42.3 Å². The number of rotatable bonds is 9. The van der Waals surface area contributed by atoms with Gasteiger partial charge in [-0.2, -0.15) is 10.1 Å². The largest absolute Gasteiger partial charge is 0.494 e. The molecule has 0 unspecified atom stereocenters. The SMILES string of the molecule is COc1ccc(F)c(CNc2nc(Nc3cnn(CC(=O)OC(C)C)c3)ncc2F)c1F. The monoisotopic (exact) mass is 450 g/mol. The molecule has 0 aliphatic carbocycles. The van der Waals surface area contributed by atoms with Crippen LogP contribution in [0.4, 0.5) is 30.6 Å². The summed E-state index contributed by atoms with van der Waals surface area (Å²) in [6, 6.07) is 2.21. The Bertz CT molecular complexity index is 1110. The molecule has 0 aliphatic heterocycles. The Morgan fingerprint density at radius 2 is 1.97 bits per heavy atom. The number of carbonyl (C=O) groups excluding carboxylic acids is 1. The molecular weight excluding hydrogens is 429 g/mol. The molecule has 0 saturated heterocycles. The summed E-state index contributed by atoms with van der Waals surface area (Å²) in [6.45, 7) is 3.01. The number of esters is 1. The van der Waals surface area contributed by atoms with E-state index in [4.69, 9.17) is 9.47 Å². The smallest absolute Gasteiger partial charge is 0.328 e. The number of hydrogen-bond acceptors (Lipinski definition) is 8. The van der Waals surface area contributed by atoms with Crippen LogP contribution in [0.15, 0.2) is 30.7 Å². The molecule has 9 nitrogen and oxygen atoms in total. The molecule has 0 aliphatic rings. The zero-order valence-corrected chi connectivity index (χ0v) is 17.5. The number of nitrogens with zero attached hydrogens (tertiary/aromatic N) is 4. The Morgan fingerprint density at radius 3 is 2.69 bits per heavy atom. The third kappa shape index (κ3) is 5.65. The number of halogens is 3. The van der Waals surface area contributed by atoms with Gasteiger partial charge in [0.2, 0.25) is 5.95 Å². The molecule has 0 amide bonds. The van der Waals surface area contributed by atoms with Crippen LogP contribution in [0.2, 0.25) is 0 Å². The van der Waals surface area contributed by atoms with Gasteiger partial charge in [0.1, 0.15) is 12.4 Å². The van der Waals surface area contributed by atoms with Gasteiger partial charge in [-0.3, -0.25) is 9.48 Å². The summed E-state index contributed by atoms with van der Waals surface area (Å²) in [4.78, 5) is 19.5. The maximum atomic E-state index is 14.3. The number of carbonyl (C=O) groups is 1. The number of aromatic nitrogens is 4. The second-order valence-electron chi connectivity index (χ2n) is 6.88. The molecule has 2 heterocycles. The molecule has 2 aromatic heterocycles. The molecule has 0 fully saturated rings. The molecule has 12 heteroatoms. The van der Waals surface area contributed by atoms with Gasteiger partial charge in [0.05, 0.1) is 31.3 Å². The molecule has 1 aromatic carbocycles. The lowest BCUT2D eigenvalue weighted by molar-refractivity contribution is -0.148. The van der Waals surface area contributed by atoms with Crippen molar-refractivity contribution in [3.05, 3.63) is 53.7 Å². The second kappa shape index (κ2) is 9.98. The lowest BCUT2D eigenvalue weighted by Gasteiger charge is -2.11. The fraction of sp³-hybridized carbons (Fsp3) is 0.300. The van der Waals surface area contributed by atoms with Gasteiger partial charge in [-0.25, -0.2) is 18.2 Å². The molecule has 0 spiro atoms. The van der Waals surface area contributed by atoms with Crippen molar-refractivity contribution in [3.8, 4) is 5.75 Å². The Labute approximate surface area is 181 Å². The van der Waals surface area contributed by atoms with Crippen molar-refractivity contribution >= 4 is 23.4 Å². The van der Waals surface area contributed by atoms with Crippen molar-refractivity contribution in [2.75, 3.05) is 17.7 Å². The summed E-state index contributed by atoms with van der Waals surface area (Å²) in [5.41, 5.74) is 0.108. The van der Waals surface area contributed by atoms with E-state index in [2.05, 4.69) is 25.7 Å². The first kappa shape index (κ1) is 22.8. The summed E-state index contributed by atoms with van der Waals surface area (Å²) in [7, 11) is 1.25. The van der Waals surface area contributed by atoms with Crippen LogP contribution in [-0.2, 0) is 22.6 Å². The van der Waals surface area contributed by atoms with E-state index in [1.165, 1.54) is 24.2 Å². The standard InChI is InChI=1S/C20H21F3N6O3/c1-11(2)32-17(30)10-29-9-12(6-26-29)27-20-25-8-15(22)19(28-20)24-7-13-14(21)4-5-16(31-3)18(13)23/h4-6,8-9,11H,7,10H2,1-3H3,(H2,24,25,27,28). The van der Waals surface area contributed by atoms with Crippen molar-refractivity contribution in [3.63, 3.8) is 0 Å². The van der Waals surface area contributed by atoms with Gasteiger partial charge in [-0.15, -0.1) is 0 Å². The van der Waals surface area contributed by atoms with Crippen LogP contribution < -0.4 is 15.4 Å². The van der Waals surface area contributed by atoms with Crippen LogP contribution in [0, 0.1) is 17.5 Å². The summed E-state index contributed by atoms with van der Waals surface area (Å²) < 4.78 is 53.6. The predicted octanol–water partition coefficient (Wildman–Crippen LogP) is 3.41. The van der Waals surface area contributed by atoms with Crippen LogP contribution in [0.25, 0.3) is 0 Å². The summed E-state index contributed by atoms with van der Waals surface area (Å²) in [5.74, 6) is -3.37. The zero-order valence-electron chi connectivity index (χ0n) is 17.5. The Morgan fingerprint density at radius 1 is 1.19 bits per heavy atom. The molecule has 0 radical (unpaired) electrons. The van der Waals surface area contributed by atoms with E-state index in [1.807, 2.05) is 0 Å². The fourth-order valence-electron chi connectivity index (χ4n) is 2.70. The molecule has 170 valence electrons. The van der Waals surface area contributed by atoms with Gasteiger partial charge in [0.15, 0.2) is 23.2 Å². The summed E-state index contributed by atoms with van der Waals surface area (Å²) in [5, 5.41) is 9.39. The predicted molar refractivity (Wildman–Crippen MR) is 109 cm³/mol. The topological polar surface area (TPSA) is 103 Å². The number of anilines is 3. The van der Waals surface area contributed by atoms with Crippen LogP contribution >= 0.6 is 0 Å². The van der Waals surface area contributed by atoms with Crippen LogP contribution in [0.3, 0.4) is 0 Å². The first-order valence-electron chi connectivity index (χ1n) is 9.53. The highest BCUT2D eigenvalue weighted by Crippen LogP contribution is 2.24. The maximum Gasteiger partial charge on any atom is 0.328 e. The summed E-state index contributed by atoms with van der Waals surface area (Å²) in [6.07, 6.45) is 3.60. The number of nitrogens with one attached hydrogen (secondary N) is 2. The number of methoxy groups -OCH3 is 1. The first-order chi connectivity index (χ1) is 15.3. The lowest BCUT2D eigenvalue weighted by Crippen LogP contribution is -2.17. The molecule has 0 bridgehead atoms. The van der Waals surface area contributed by atoms with Crippen molar-refractivity contribution in [2.24, 2.45) is 0 Å². The number of ether oxygens (including phenoxy) is 2. The summed E-state index contributed by atoms with van der Waals surface area (Å²) >= 11 is 0. The Hall–Kier alpha value is -3.83. The average molecular weight is 450 g/mol. The molecule has 0 saturated carbocycles. The minimum Gasteiger partial charge on any atom is -0.494 e. The van der Waals surface area contributed by atoms with E-state index in [0.29, 0.717) is 5.69 Å². The Balaban J connectivity index is 1.69. The average Bonchev–Trinajstić information content (AvgIpc) is 3.16. The molecule has 0 atom stereocenters. The van der Waals surface area contributed by atoms with E-state index in [1.54, 1.807) is 13.8 Å². The zero-order chi connectivity index (χ0) is 23.3. The van der Waals surface area contributed by atoms with Crippen LogP contribution in [-0.4, -0.2) is 38.9 Å². The molecule has 32 heavy (non-hydrogen) atoms. The first-order valence-corrected chi connectivity index (χ1v) is 9.53.